The molecule has 1 heteroatoms. The fourth-order valence-electron chi connectivity index (χ4n) is 1.76. The van der Waals surface area contributed by atoms with Gasteiger partial charge in [0.05, 0.1) is 0 Å². The molecule has 15 heavy (non-hydrogen) atoms. The lowest BCUT2D eigenvalue weighted by molar-refractivity contribution is 0.612. The van der Waals surface area contributed by atoms with Crippen LogP contribution in [-0.2, 0) is 0 Å². The van der Waals surface area contributed by atoms with Crippen molar-refractivity contribution in [2.75, 3.05) is 0 Å². The molecule has 82 valence electrons. The molecule has 0 bridgehead atoms. The molecule has 0 fully saturated rings. The summed E-state index contributed by atoms with van der Waals surface area (Å²) in [7, 11) is 0. The van der Waals surface area contributed by atoms with Gasteiger partial charge in [0.15, 0.2) is 0 Å². The van der Waals surface area contributed by atoms with E-state index < -0.39 is 0 Å². The molecule has 0 nitrogen and oxygen atoms in total. The van der Waals surface area contributed by atoms with Crippen molar-refractivity contribution in [3.63, 3.8) is 0 Å². The maximum Gasteiger partial charge on any atom is 0.126 e. The van der Waals surface area contributed by atoms with Crippen LogP contribution in [-0.4, -0.2) is 0 Å². The fraction of sp³-hybridized carbons (Fsp3) is 0.429. The van der Waals surface area contributed by atoms with Gasteiger partial charge in [-0.3, -0.25) is 0 Å². The van der Waals surface area contributed by atoms with Crippen LogP contribution in [0.15, 0.2) is 30.4 Å². The maximum absolute atomic E-state index is 13.1. The van der Waals surface area contributed by atoms with Gasteiger partial charge in [-0.1, -0.05) is 31.2 Å². The van der Waals surface area contributed by atoms with Crippen LogP contribution >= 0.6 is 0 Å². The minimum atomic E-state index is -0.111. The highest BCUT2D eigenvalue weighted by atomic mass is 19.1. The summed E-state index contributed by atoms with van der Waals surface area (Å²) in [5, 5.41) is 0. The molecule has 0 spiro atoms. The lowest BCUT2D eigenvalue weighted by Gasteiger charge is -2.14. The zero-order valence-electron chi connectivity index (χ0n) is 9.76. The van der Waals surface area contributed by atoms with Crippen molar-refractivity contribution >= 4 is 0 Å². The average Bonchev–Trinajstić information content (AvgIpc) is 2.24. The molecule has 0 aliphatic carbocycles. The monoisotopic (exact) mass is 206 g/mol. The Balaban J connectivity index is 2.87. The molecule has 0 aliphatic heterocycles. The van der Waals surface area contributed by atoms with E-state index in [0.29, 0.717) is 5.92 Å². The van der Waals surface area contributed by atoms with Crippen molar-refractivity contribution in [1.29, 1.82) is 0 Å². The van der Waals surface area contributed by atoms with Gasteiger partial charge in [0, 0.05) is 0 Å². The first-order chi connectivity index (χ1) is 7.19. The second-order valence-electron chi connectivity index (χ2n) is 3.92. The Morgan fingerprint density at radius 1 is 1.40 bits per heavy atom. The van der Waals surface area contributed by atoms with Gasteiger partial charge < -0.3 is 0 Å². The normalized spacial score (nSPS) is 13.3. The van der Waals surface area contributed by atoms with E-state index in [2.05, 4.69) is 19.1 Å². The number of hydrogen-bond acceptors (Lipinski definition) is 0. The molecule has 0 radical (unpaired) electrons. The summed E-state index contributed by atoms with van der Waals surface area (Å²) < 4.78 is 13.1. The van der Waals surface area contributed by atoms with Crippen molar-refractivity contribution in [3.8, 4) is 0 Å². The number of hydrogen-bond donors (Lipinski definition) is 0. The molecule has 0 amide bonds. The standard InChI is InChI=1S/C14H19F/c1-4-6-7-12(5-2)13-8-9-14(15)11(3)10-13/h4,6,8-10,12H,5,7H2,1-3H3/b6-4-. The maximum atomic E-state index is 13.1. The summed E-state index contributed by atoms with van der Waals surface area (Å²) in [5.41, 5.74) is 1.99. The molecule has 1 unspecified atom stereocenters. The van der Waals surface area contributed by atoms with Crippen LogP contribution in [0.25, 0.3) is 0 Å². The minimum absolute atomic E-state index is 0.111. The van der Waals surface area contributed by atoms with Crippen LogP contribution in [0.3, 0.4) is 0 Å². The Labute approximate surface area is 91.8 Å². The van der Waals surface area contributed by atoms with Crippen molar-refractivity contribution in [2.24, 2.45) is 0 Å². The smallest absolute Gasteiger partial charge is 0.126 e. The number of rotatable bonds is 4. The van der Waals surface area contributed by atoms with Crippen molar-refractivity contribution < 1.29 is 4.39 Å². The van der Waals surface area contributed by atoms with Crippen LogP contribution in [0.4, 0.5) is 4.39 Å². The Hall–Kier alpha value is -1.11. The van der Waals surface area contributed by atoms with Gasteiger partial charge >= 0.3 is 0 Å². The molecule has 0 saturated carbocycles. The van der Waals surface area contributed by atoms with E-state index in [4.69, 9.17) is 0 Å². The molecule has 1 aromatic rings. The Bertz CT molecular complexity index is 339. The number of halogens is 1. The molecule has 0 N–H and O–H groups in total. The van der Waals surface area contributed by atoms with Gasteiger partial charge in [0.25, 0.3) is 0 Å². The van der Waals surface area contributed by atoms with Crippen molar-refractivity contribution in [3.05, 3.63) is 47.3 Å². The lowest BCUT2D eigenvalue weighted by Crippen LogP contribution is -1.97. The van der Waals surface area contributed by atoms with Gasteiger partial charge in [0.2, 0.25) is 0 Å². The zero-order valence-corrected chi connectivity index (χ0v) is 9.76. The van der Waals surface area contributed by atoms with Gasteiger partial charge in [-0.05, 0) is 49.8 Å². The largest absolute Gasteiger partial charge is 0.207 e. The molecule has 1 aromatic carbocycles. The summed E-state index contributed by atoms with van der Waals surface area (Å²) in [6.07, 6.45) is 6.37. The summed E-state index contributed by atoms with van der Waals surface area (Å²) in [6.45, 7) is 6.02. The first-order valence-corrected chi connectivity index (χ1v) is 5.56. The third-order valence-corrected chi connectivity index (χ3v) is 2.80. The summed E-state index contributed by atoms with van der Waals surface area (Å²) in [5.74, 6) is 0.403. The molecule has 0 aliphatic rings. The third-order valence-electron chi connectivity index (χ3n) is 2.80. The van der Waals surface area contributed by atoms with Crippen LogP contribution in [0, 0.1) is 12.7 Å². The molecule has 1 rings (SSSR count). The van der Waals surface area contributed by atoms with Gasteiger partial charge in [-0.2, -0.15) is 0 Å². The molecular weight excluding hydrogens is 187 g/mol. The number of aryl methyl sites for hydroxylation is 1. The van der Waals surface area contributed by atoms with Gasteiger partial charge in [-0.25, -0.2) is 4.39 Å². The van der Waals surface area contributed by atoms with Crippen molar-refractivity contribution in [2.45, 2.75) is 39.5 Å². The highest BCUT2D eigenvalue weighted by Gasteiger charge is 2.08. The highest BCUT2D eigenvalue weighted by molar-refractivity contribution is 5.27. The molecule has 0 heterocycles. The first-order valence-electron chi connectivity index (χ1n) is 5.56. The van der Waals surface area contributed by atoms with E-state index in [9.17, 15) is 4.39 Å². The van der Waals surface area contributed by atoms with E-state index in [1.807, 2.05) is 26.0 Å². The van der Waals surface area contributed by atoms with E-state index in [-0.39, 0.29) is 5.82 Å². The molecule has 0 saturated heterocycles. The van der Waals surface area contributed by atoms with Crippen molar-refractivity contribution in [1.82, 2.24) is 0 Å². The summed E-state index contributed by atoms with van der Waals surface area (Å²) in [4.78, 5) is 0. The number of allylic oxidation sites excluding steroid dienone is 2. The van der Waals surface area contributed by atoms with E-state index in [1.165, 1.54) is 5.56 Å². The average molecular weight is 206 g/mol. The summed E-state index contributed by atoms with van der Waals surface area (Å²) >= 11 is 0. The Kier molecular flexibility index (Phi) is 4.54. The van der Waals surface area contributed by atoms with Crippen LogP contribution in [0.2, 0.25) is 0 Å². The first kappa shape index (κ1) is 12.0. The van der Waals surface area contributed by atoms with Crippen LogP contribution < -0.4 is 0 Å². The van der Waals surface area contributed by atoms with E-state index in [0.717, 1.165) is 18.4 Å². The Morgan fingerprint density at radius 3 is 2.67 bits per heavy atom. The Morgan fingerprint density at radius 2 is 2.13 bits per heavy atom. The second kappa shape index (κ2) is 5.69. The molecule has 0 aromatic heterocycles. The van der Waals surface area contributed by atoms with Crippen LogP contribution in [0.1, 0.15) is 43.7 Å². The molecule has 1 atom stereocenters. The van der Waals surface area contributed by atoms with Gasteiger partial charge in [-0.15, -0.1) is 0 Å². The van der Waals surface area contributed by atoms with E-state index in [1.54, 1.807) is 6.07 Å². The quantitative estimate of drug-likeness (QED) is 0.632. The van der Waals surface area contributed by atoms with Gasteiger partial charge in [0.1, 0.15) is 5.82 Å². The predicted molar refractivity (Wildman–Crippen MR) is 63.6 cm³/mol. The highest BCUT2D eigenvalue weighted by Crippen LogP contribution is 2.25. The summed E-state index contributed by atoms with van der Waals surface area (Å²) in [6, 6.07) is 5.44. The third kappa shape index (κ3) is 3.19. The molecular formula is C14H19F. The lowest BCUT2D eigenvalue weighted by atomic mass is 9.92. The SMILES string of the molecule is C/C=C\CC(CC)c1ccc(F)c(C)c1. The zero-order chi connectivity index (χ0) is 11.3. The van der Waals surface area contributed by atoms with Crippen LogP contribution in [0.5, 0.6) is 0 Å². The topological polar surface area (TPSA) is 0 Å². The predicted octanol–water partition coefficient (Wildman–Crippen LogP) is 4.59. The minimum Gasteiger partial charge on any atom is -0.207 e. The number of benzene rings is 1. The van der Waals surface area contributed by atoms with E-state index >= 15 is 0 Å². The second-order valence-corrected chi connectivity index (χ2v) is 3.92. The fourth-order valence-corrected chi connectivity index (χ4v) is 1.76.